The van der Waals surface area contributed by atoms with E-state index in [0.29, 0.717) is 10.6 Å². The summed E-state index contributed by atoms with van der Waals surface area (Å²) in [6, 6.07) is 7.37. The predicted octanol–water partition coefficient (Wildman–Crippen LogP) is 3.45. The standard InChI is InChI=1S/C15H16ClN3O2/c16-12-9-5-4-8-11(12)14-18-19-15(21-14)13(20)17-10-6-2-1-3-7-10/h4-5,8-10H,1-3,6-7H2,(H,17,20). The van der Waals surface area contributed by atoms with E-state index in [-0.39, 0.29) is 23.7 Å². The molecule has 1 amide bonds. The zero-order valence-corrected chi connectivity index (χ0v) is 12.3. The van der Waals surface area contributed by atoms with Crippen LogP contribution < -0.4 is 5.32 Å². The molecule has 0 spiro atoms. The van der Waals surface area contributed by atoms with Gasteiger partial charge in [0.2, 0.25) is 5.89 Å². The second-order valence-corrected chi connectivity index (χ2v) is 5.61. The van der Waals surface area contributed by atoms with Crippen molar-refractivity contribution in [2.75, 3.05) is 0 Å². The predicted molar refractivity (Wildman–Crippen MR) is 79.1 cm³/mol. The molecule has 1 aliphatic carbocycles. The second kappa shape index (κ2) is 6.26. The monoisotopic (exact) mass is 305 g/mol. The molecule has 1 N–H and O–H groups in total. The summed E-state index contributed by atoms with van der Waals surface area (Å²) in [6.45, 7) is 0. The maximum absolute atomic E-state index is 12.1. The maximum Gasteiger partial charge on any atom is 0.309 e. The fourth-order valence-electron chi connectivity index (χ4n) is 2.55. The third-order valence-corrected chi connectivity index (χ3v) is 3.99. The Balaban J connectivity index is 1.72. The number of aromatic nitrogens is 2. The van der Waals surface area contributed by atoms with Gasteiger partial charge in [-0.05, 0) is 25.0 Å². The lowest BCUT2D eigenvalue weighted by Crippen LogP contribution is -2.36. The molecule has 1 aliphatic rings. The Morgan fingerprint density at radius 1 is 1.19 bits per heavy atom. The first-order valence-corrected chi connectivity index (χ1v) is 7.51. The number of carbonyl (C=O) groups is 1. The van der Waals surface area contributed by atoms with E-state index in [4.69, 9.17) is 16.0 Å². The first kappa shape index (κ1) is 14.1. The number of nitrogens with one attached hydrogen (secondary N) is 1. The molecule has 0 aliphatic heterocycles. The molecule has 0 radical (unpaired) electrons. The van der Waals surface area contributed by atoms with Gasteiger partial charge in [-0.1, -0.05) is 43.0 Å². The molecule has 0 atom stereocenters. The summed E-state index contributed by atoms with van der Waals surface area (Å²) < 4.78 is 5.44. The first-order valence-electron chi connectivity index (χ1n) is 7.13. The molecule has 5 nitrogen and oxygen atoms in total. The van der Waals surface area contributed by atoms with Crippen molar-refractivity contribution in [3.63, 3.8) is 0 Å². The van der Waals surface area contributed by atoms with Gasteiger partial charge in [0.1, 0.15) is 0 Å². The summed E-state index contributed by atoms with van der Waals surface area (Å²) in [4.78, 5) is 12.1. The van der Waals surface area contributed by atoms with Crippen LogP contribution >= 0.6 is 11.6 Å². The Hall–Kier alpha value is -1.88. The van der Waals surface area contributed by atoms with Crippen molar-refractivity contribution in [1.29, 1.82) is 0 Å². The van der Waals surface area contributed by atoms with Crippen LogP contribution in [0.1, 0.15) is 42.8 Å². The van der Waals surface area contributed by atoms with Crippen LogP contribution in [0.25, 0.3) is 11.5 Å². The quantitative estimate of drug-likeness (QED) is 0.943. The lowest BCUT2D eigenvalue weighted by atomic mass is 9.95. The number of hydrogen-bond donors (Lipinski definition) is 1. The molecule has 2 aromatic rings. The van der Waals surface area contributed by atoms with Crippen molar-refractivity contribution in [2.45, 2.75) is 38.1 Å². The van der Waals surface area contributed by atoms with Gasteiger partial charge in [0.25, 0.3) is 0 Å². The molecule has 110 valence electrons. The molecule has 6 heteroatoms. The van der Waals surface area contributed by atoms with E-state index in [1.807, 2.05) is 12.1 Å². The summed E-state index contributed by atoms with van der Waals surface area (Å²) in [5.41, 5.74) is 0.628. The lowest BCUT2D eigenvalue weighted by Gasteiger charge is -2.21. The van der Waals surface area contributed by atoms with Crippen molar-refractivity contribution in [3.05, 3.63) is 35.2 Å². The van der Waals surface area contributed by atoms with E-state index in [1.54, 1.807) is 12.1 Å². The number of halogens is 1. The SMILES string of the molecule is O=C(NC1CCCCC1)c1nnc(-c2ccccc2Cl)o1. The minimum atomic E-state index is -0.312. The van der Waals surface area contributed by atoms with Crippen molar-refractivity contribution >= 4 is 17.5 Å². The highest BCUT2D eigenvalue weighted by Crippen LogP contribution is 2.26. The molecule has 1 aromatic carbocycles. The summed E-state index contributed by atoms with van der Waals surface area (Å²) >= 11 is 6.07. The summed E-state index contributed by atoms with van der Waals surface area (Å²) in [7, 11) is 0. The van der Waals surface area contributed by atoms with Crippen molar-refractivity contribution < 1.29 is 9.21 Å². The van der Waals surface area contributed by atoms with Crippen molar-refractivity contribution in [1.82, 2.24) is 15.5 Å². The molecule has 1 fully saturated rings. The maximum atomic E-state index is 12.1. The highest BCUT2D eigenvalue weighted by molar-refractivity contribution is 6.33. The molecular formula is C15H16ClN3O2. The number of rotatable bonds is 3. The van der Waals surface area contributed by atoms with Crippen LogP contribution in [0.5, 0.6) is 0 Å². The normalized spacial score (nSPS) is 15.9. The molecular weight excluding hydrogens is 290 g/mol. The van der Waals surface area contributed by atoms with Gasteiger partial charge in [-0.15, -0.1) is 10.2 Å². The van der Waals surface area contributed by atoms with E-state index in [9.17, 15) is 4.79 Å². The molecule has 1 aromatic heterocycles. The number of hydrogen-bond acceptors (Lipinski definition) is 4. The Morgan fingerprint density at radius 2 is 1.95 bits per heavy atom. The van der Waals surface area contributed by atoms with Gasteiger partial charge in [0.05, 0.1) is 10.6 Å². The molecule has 0 bridgehead atoms. The highest BCUT2D eigenvalue weighted by atomic mass is 35.5. The van der Waals surface area contributed by atoms with E-state index in [2.05, 4.69) is 15.5 Å². The van der Waals surface area contributed by atoms with E-state index >= 15 is 0 Å². The van der Waals surface area contributed by atoms with Crippen LogP contribution in [-0.2, 0) is 0 Å². The van der Waals surface area contributed by atoms with Gasteiger partial charge in [-0.3, -0.25) is 4.79 Å². The molecule has 1 saturated carbocycles. The lowest BCUT2D eigenvalue weighted by molar-refractivity contribution is 0.0893. The van der Waals surface area contributed by atoms with E-state index in [0.717, 1.165) is 25.7 Å². The zero-order valence-electron chi connectivity index (χ0n) is 11.5. The Kier molecular flexibility index (Phi) is 4.20. The smallest absolute Gasteiger partial charge is 0.309 e. The van der Waals surface area contributed by atoms with Gasteiger partial charge in [0.15, 0.2) is 0 Å². The minimum absolute atomic E-state index is 0.0181. The fraction of sp³-hybridized carbons (Fsp3) is 0.400. The van der Waals surface area contributed by atoms with Crippen LogP contribution in [-0.4, -0.2) is 22.1 Å². The Labute approximate surface area is 127 Å². The zero-order chi connectivity index (χ0) is 14.7. The highest BCUT2D eigenvalue weighted by Gasteiger charge is 2.21. The number of carbonyl (C=O) groups excluding carboxylic acids is 1. The molecule has 0 saturated heterocycles. The average Bonchev–Trinajstić information content (AvgIpc) is 2.98. The Bertz CT molecular complexity index is 635. The van der Waals surface area contributed by atoms with E-state index < -0.39 is 0 Å². The Morgan fingerprint density at radius 3 is 2.71 bits per heavy atom. The van der Waals surface area contributed by atoms with Crippen LogP contribution in [0.15, 0.2) is 28.7 Å². The topological polar surface area (TPSA) is 68.0 Å². The van der Waals surface area contributed by atoms with E-state index in [1.165, 1.54) is 6.42 Å². The number of amides is 1. The molecule has 21 heavy (non-hydrogen) atoms. The van der Waals surface area contributed by atoms with Crippen LogP contribution in [0, 0.1) is 0 Å². The number of nitrogens with zero attached hydrogens (tertiary/aromatic N) is 2. The van der Waals surface area contributed by atoms with Crippen molar-refractivity contribution in [3.8, 4) is 11.5 Å². The van der Waals surface area contributed by atoms with Crippen LogP contribution in [0.3, 0.4) is 0 Å². The van der Waals surface area contributed by atoms with Gasteiger partial charge in [-0.25, -0.2) is 0 Å². The molecule has 0 unspecified atom stereocenters. The van der Waals surface area contributed by atoms with Crippen LogP contribution in [0.4, 0.5) is 0 Å². The molecule has 3 rings (SSSR count). The summed E-state index contributed by atoms with van der Waals surface area (Å²) in [6.07, 6.45) is 5.57. The van der Waals surface area contributed by atoms with Gasteiger partial charge in [-0.2, -0.15) is 0 Å². The average molecular weight is 306 g/mol. The molecule has 1 heterocycles. The minimum Gasteiger partial charge on any atom is -0.412 e. The second-order valence-electron chi connectivity index (χ2n) is 5.20. The largest absolute Gasteiger partial charge is 0.412 e. The van der Waals surface area contributed by atoms with Gasteiger partial charge in [0, 0.05) is 6.04 Å². The van der Waals surface area contributed by atoms with Gasteiger partial charge >= 0.3 is 11.8 Å². The summed E-state index contributed by atoms with van der Waals surface area (Å²) in [5, 5.41) is 11.2. The summed E-state index contributed by atoms with van der Waals surface area (Å²) in [5.74, 6) is -0.0717. The first-order chi connectivity index (χ1) is 10.2. The van der Waals surface area contributed by atoms with Crippen LogP contribution in [0.2, 0.25) is 5.02 Å². The number of benzene rings is 1. The third kappa shape index (κ3) is 3.24. The van der Waals surface area contributed by atoms with Crippen molar-refractivity contribution in [2.24, 2.45) is 0 Å². The van der Waals surface area contributed by atoms with Gasteiger partial charge < -0.3 is 9.73 Å². The fourth-order valence-corrected chi connectivity index (χ4v) is 2.77. The third-order valence-electron chi connectivity index (χ3n) is 3.66.